The highest BCUT2D eigenvalue weighted by Gasteiger charge is 2.30. The number of likely N-dealkylation sites (tertiary alicyclic amines) is 1. The number of aromatic nitrogens is 4. The van der Waals surface area contributed by atoms with Crippen LogP contribution in [-0.4, -0.2) is 65.2 Å². The van der Waals surface area contributed by atoms with Crippen molar-refractivity contribution < 1.29 is 14.1 Å². The average Bonchev–Trinajstić information content (AvgIpc) is 3.46. The first-order valence-corrected chi connectivity index (χ1v) is 10.7. The Morgan fingerprint density at radius 3 is 2.69 bits per heavy atom. The van der Waals surface area contributed by atoms with Gasteiger partial charge in [0.05, 0.1) is 12.8 Å². The lowest BCUT2D eigenvalue weighted by atomic mass is 9.96. The monoisotopic (exact) mass is 436 g/mol. The second kappa shape index (κ2) is 9.33. The summed E-state index contributed by atoms with van der Waals surface area (Å²) in [6.07, 6.45) is 3.54. The molecule has 4 rings (SSSR count). The minimum absolute atomic E-state index is 0.0937. The summed E-state index contributed by atoms with van der Waals surface area (Å²) in [6.45, 7) is 3.11. The number of benzene rings is 1. The van der Waals surface area contributed by atoms with E-state index in [1.165, 1.54) is 0 Å². The van der Waals surface area contributed by atoms with Crippen LogP contribution in [-0.2, 0) is 11.2 Å². The van der Waals surface area contributed by atoms with Crippen molar-refractivity contribution in [3.05, 3.63) is 47.9 Å². The van der Waals surface area contributed by atoms with Crippen LogP contribution in [0.5, 0.6) is 5.75 Å². The van der Waals surface area contributed by atoms with Crippen LogP contribution in [0.15, 0.2) is 35.0 Å². The smallest absolute Gasteiger partial charge is 0.227 e. The Hall–Kier alpha value is -3.49. The molecule has 9 nitrogen and oxygen atoms in total. The Morgan fingerprint density at radius 1 is 1.25 bits per heavy atom. The molecule has 1 aromatic carbocycles. The normalized spacial score (nSPS) is 15.8. The molecule has 0 N–H and O–H groups in total. The number of nitrogens with zero attached hydrogens (tertiary/aromatic N) is 6. The molecule has 1 atom stereocenters. The van der Waals surface area contributed by atoms with E-state index in [9.17, 15) is 4.79 Å². The molecule has 9 heteroatoms. The van der Waals surface area contributed by atoms with Gasteiger partial charge in [0.15, 0.2) is 5.82 Å². The molecule has 168 valence electrons. The van der Waals surface area contributed by atoms with Gasteiger partial charge in [-0.2, -0.15) is 4.98 Å². The van der Waals surface area contributed by atoms with Gasteiger partial charge in [0, 0.05) is 57.7 Å². The number of amides is 1. The first-order chi connectivity index (χ1) is 15.4. The maximum atomic E-state index is 12.8. The minimum Gasteiger partial charge on any atom is -0.497 e. The lowest BCUT2D eigenvalue weighted by Gasteiger charge is -2.19. The summed E-state index contributed by atoms with van der Waals surface area (Å²) in [5.74, 6) is 2.78. The number of rotatable bonds is 7. The Morgan fingerprint density at radius 2 is 2.03 bits per heavy atom. The highest BCUT2D eigenvalue weighted by Crippen LogP contribution is 2.35. The van der Waals surface area contributed by atoms with Crippen molar-refractivity contribution in [3.8, 4) is 16.9 Å². The zero-order valence-corrected chi connectivity index (χ0v) is 18.9. The van der Waals surface area contributed by atoms with E-state index in [4.69, 9.17) is 14.2 Å². The van der Waals surface area contributed by atoms with Crippen molar-refractivity contribution in [1.29, 1.82) is 0 Å². The third kappa shape index (κ3) is 4.71. The van der Waals surface area contributed by atoms with Gasteiger partial charge in [0.2, 0.25) is 17.7 Å². The van der Waals surface area contributed by atoms with Crippen molar-refractivity contribution in [2.45, 2.75) is 32.1 Å². The summed E-state index contributed by atoms with van der Waals surface area (Å²) in [5, 5.41) is 3.78. The second-order valence-corrected chi connectivity index (χ2v) is 8.15. The van der Waals surface area contributed by atoms with Gasteiger partial charge in [0.25, 0.3) is 0 Å². The number of methoxy groups -OCH3 is 1. The minimum atomic E-state index is 0.0937. The fourth-order valence-electron chi connectivity index (χ4n) is 3.93. The molecule has 1 aliphatic rings. The van der Waals surface area contributed by atoms with E-state index in [1.807, 2.05) is 54.4 Å². The van der Waals surface area contributed by atoms with Gasteiger partial charge in [-0.1, -0.05) is 17.3 Å². The Labute approximate surface area is 187 Å². The van der Waals surface area contributed by atoms with Crippen molar-refractivity contribution in [1.82, 2.24) is 25.0 Å². The van der Waals surface area contributed by atoms with Crippen molar-refractivity contribution >= 4 is 11.9 Å². The molecule has 2 aromatic heterocycles. The zero-order chi connectivity index (χ0) is 22.7. The van der Waals surface area contributed by atoms with E-state index in [-0.39, 0.29) is 11.8 Å². The summed E-state index contributed by atoms with van der Waals surface area (Å²) < 4.78 is 10.4. The van der Waals surface area contributed by atoms with Gasteiger partial charge in [0.1, 0.15) is 5.75 Å². The molecule has 32 heavy (non-hydrogen) atoms. The third-order valence-corrected chi connectivity index (χ3v) is 5.66. The molecule has 0 spiro atoms. The molecule has 0 saturated carbocycles. The van der Waals surface area contributed by atoms with Gasteiger partial charge in [-0.05, 0) is 31.0 Å². The number of hydrogen-bond donors (Lipinski definition) is 0. The number of carbonyl (C=O) groups excluding carboxylic acids is 1. The summed E-state index contributed by atoms with van der Waals surface area (Å²) in [7, 11) is 5.50. The number of ether oxygens (including phenoxy) is 1. The molecule has 0 aliphatic carbocycles. The highest BCUT2D eigenvalue weighted by molar-refractivity contribution is 5.77. The zero-order valence-electron chi connectivity index (χ0n) is 18.9. The van der Waals surface area contributed by atoms with Crippen LogP contribution >= 0.6 is 0 Å². The van der Waals surface area contributed by atoms with Crippen LogP contribution in [0.3, 0.4) is 0 Å². The first-order valence-electron chi connectivity index (χ1n) is 10.7. The molecule has 1 fully saturated rings. The SMILES string of the molecule is COc1ccc(-c2cnc(N(C)C)nc2[C@@H]2CCN(C(=O)CCc3nc(C)no3)C2)cc1. The lowest BCUT2D eigenvalue weighted by Crippen LogP contribution is -2.28. The van der Waals surface area contributed by atoms with E-state index < -0.39 is 0 Å². The molecule has 0 radical (unpaired) electrons. The highest BCUT2D eigenvalue weighted by atomic mass is 16.5. The predicted molar refractivity (Wildman–Crippen MR) is 120 cm³/mol. The largest absolute Gasteiger partial charge is 0.497 e. The fourth-order valence-corrected chi connectivity index (χ4v) is 3.93. The molecule has 1 saturated heterocycles. The molecular weight excluding hydrogens is 408 g/mol. The van der Waals surface area contributed by atoms with E-state index in [0.29, 0.717) is 43.6 Å². The van der Waals surface area contributed by atoms with E-state index >= 15 is 0 Å². The second-order valence-electron chi connectivity index (χ2n) is 8.15. The number of carbonyl (C=O) groups is 1. The molecule has 3 aromatic rings. The van der Waals surface area contributed by atoms with E-state index in [0.717, 1.165) is 29.0 Å². The standard InChI is InChI=1S/C23H28N6O3/c1-15-25-20(32-27-15)9-10-21(30)29-12-11-17(14-29)22-19(13-24-23(26-22)28(2)3)16-5-7-18(31-4)8-6-16/h5-8,13,17H,9-12,14H2,1-4H3/t17-/m1/s1. The molecule has 1 amide bonds. The molecule has 3 heterocycles. The average molecular weight is 437 g/mol. The molecular formula is C23H28N6O3. The van der Waals surface area contributed by atoms with Crippen LogP contribution in [0.4, 0.5) is 5.95 Å². The van der Waals surface area contributed by atoms with Gasteiger partial charge >= 0.3 is 0 Å². The predicted octanol–water partition coefficient (Wildman–Crippen LogP) is 2.86. The van der Waals surface area contributed by atoms with Crippen molar-refractivity contribution in [3.63, 3.8) is 0 Å². The van der Waals surface area contributed by atoms with Gasteiger partial charge < -0.3 is 19.1 Å². The lowest BCUT2D eigenvalue weighted by molar-refractivity contribution is -0.130. The molecule has 1 aliphatic heterocycles. The maximum absolute atomic E-state index is 12.8. The third-order valence-electron chi connectivity index (χ3n) is 5.66. The summed E-state index contributed by atoms with van der Waals surface area (Å²) >= 11 is 0. The van der Waals surface area contributed by atoms with Crippen LogP contribution < -0.4 is 9.64 Å². The quantitative estimate of drug-likeness (QED) is 0.558. The number of aryl methyl sites for hydroxylation is 2. The van der Waals surface area contributed by atoms with Crippen LogP contribution in [0, 0.1) is 6.92 Å². The first kappa shape index (κ1) is 21.7. The van der Waals surface area contributed by atoms with E-state index in [2.05, 4.69) is 15.1 Å². The van der Waals surface area contributed by atoms with Crippen LogP contribution in [0.1, 0.15) is 36.2 Å². The van der Waals surface area contributed by atoms with Crippen molar-refractivity contribution in [2.24, 2.45) is 0 Å². The Bertz CT molecular complexity index is 1080. The summed E-state index contributed by atoms with van der Waals surface area (Å²) in [6, 6.07) is 7.90. The van der Waals surface area contributed by atoms with Crippen molar-refractivity contribution in [2.75, 3.05) is 39.2 Å². The van der Waals surface area contributed by atoms with Gasteiger partial charge in [-0.15, -0.1) is 0 Å². The van der Waals surface area contributed by atoms with Gasteiger partial charge in [-0.25, -0.2) is 9.97 Å². The number of anilines is 1. The maximum Gasteiger partial charge on any atom is 0.227 e. The number of hydrogen-bond acceptors (Lipinski definition) is 8. The summed E-state index contributed by atoms with van der Waals surface area (Å²) in [5.41, 5.74) is 2.98. The van der Waals surface area contributed by atoms with E-state index in [1.54, 1.807) is 14.0 Å². The Balaban J connectivity index is 1.52. The van der Waals surface area contributed by atoms with Crippen LogP contribution in [0.2, 0.25) is 0 Å². The Kier molecular flexibility index (Phi) is 6.34. The topological polar surface area (TPSA) is 97.5 Å². The fraction of sp³-hybridized carbons (Fsp3) is 0.435. The molecule has 0 unspecified atom stereocenters. The van der Waals surface area contributed by atoms with Crippen LogP contribution in [0.25, 0.3) is 11.1 Å². The summed E-state index contributed by atoms with van der Waals surface area (Å²) in [4.78, 5) is 30.2. The molecule has 0 bridgehead atoms. The van der Waals surface area contributed by atoms with Gasteiger partial charge in [-0.3, -0.25) is 4.79 Å².